The molecule has 0 aliphatic heterocycles. The molecule has 4 nitrogen and oxygen atoms in total. The fourth-order valence-corrected chi connectivity index (χ4v) is 3.19. The smallest absolute Gasteiger partial charge is 0.328 e. The first-order valence-electron chi connectivity index (χ1n) is 12.6. The zero-order valence-electron chi connectivity index (χ0n) is 21.4. The van der Waals surface area contributed by atoms with E-state index in [4.69, 9.17) is 4.74 Å². The van der Waals surface area contributed by atoms with Gasteiger partial charge in [0.2, 0.25) is 5.91 Å². The van der Waals surface area contributed by atoms with Crippen molar-refractivity contribution in [1.82, 2.24) is 5.32 Å². The van der Waals surface area contributed by atoms with Crippen LogP contribution in [-0.2, 0) is 14.3 Å². The van der Waals surface area contributed by atoms with E-state index >= 15 is 0 Å². The van der Waals surface area contributed by atoms with E-state index in [1.165, 1.54) is 7.11 Å². The van der Waals surface area contributed by atoms with E-state index in [0.717, 1.165) is 57.8 Å². The van der Waals surface area contributed by atoms with Crippen LogP contribution < -0.4 is 5.32 Å². The van der Waals surface area contributed by atoms with E-state index in [1.807, 2.05) is 13.8 Å². The summed E-state index contributed by atoms with van der Waals surface area (Å²) in [5.41, 5.74) is 0. The Morgan fingerprint density at radius 3 is 1.76 bits per heavy atom. The van der Waals surface area contributed by atoms with E-state index in [9.17, 15) is 9.59 Å². The second kappa shape index (κ2) is 22.8. The molecule has 0 rings (SSSR count). The average Bonchev–Trinajstić information content (AvgIpc) is 2.79. The Hall–Kier alpha value is -2.36. The molecule has 0 aliphatic carbocycles. The molecular formula is C29H47NO3. The van der Waals surface area contributed by atoms with Gasteiger partial charge in [-0.05, 0) is 63.7 Å². The van der Waals surface area contributed by atoms with Crippen molar-refractivity contribution in [3.63, 3.8) is 0 Å². The number of esters is 1. The molecule has 0 saturated carbocycles. The van der Waals surface area contributed by atoms with Crippen LogP contribution in [0, 0.1) is 5.92 Å². The molecule has 186 valence electrons. The minimum atomic E-state index is -0.538. The maximum absolute atomic E-state index is 12.1. The van der Waals surface area contributed by atoms with Crippen molar-refractivity contribution in [1.29, 1.82) is 0 Å². The predicted molar refractivity (Wildman–Crippen MR) is 141 cm³/mol. The molecule has 0 fully saturated rings. The number of methoxy groups -OCH3 is 1. The average molecular weight is 458 g/mol. The van der Waals surface area contributed by atoms with Crippen molar-refractivity contribution in [2.45, 2.75) is 97.4 Å². The maximum atomic E-state index is 12.1. The number of nitrogens with one attached hydrogen (secondary N) is 1. The Balaban J connectivity index is 3.74. The second-order valence-electron chi connectivity index (χ2n) is 8.58. The summed E-state index contributed by atoms with van der Waals surface area (Å²) >= 11 is 0. The summed E-state index contributed by atoms with van der Waals surface area (Å²) in [6.45, 7) is 6.20. The van der Waals surface area contributed by atoms with Crippen LogP contribution in [0.2, 0.25) is 0 Å². The lowest BCUT2D eigenvalue weighted by molar-refractivity contribution is -0.145. The minimum absolute atomic E-state index is 0.0686. The van der Waals surface area contributed by atoms with Crippen molar-refractivity contribution in [3.8, 4) is 0 Å². The number of ether oxygens (including phenoxy) is 1. The third-order valence-corrected chi connectivity index (χ3v) is 4.96. The molecule has 0 aromatic carbocycles. The number of hydrogen-bond donors (Lipinski definition) is 1. The Labute approximate surface area is 202 Å². The zero-order chi connectivity index (χ0) is 24.6. The number of carbonyl (C=O) groups is 2. The molecule has 0 aliphatic rings. The topological polar surface area (TPSA) is 55.4 Å². The van der Waals surface area contributed by atoms with Gasteiger partial charge in [-0.3, -0.25) is 4.79 Å². The highest BCUT2D eigenvalue weighted by atomic mass is 16.5. The molecule has 1 N–H and O–H groups in total. The fourth-order valence-electron chi connectivity index (χ4n) is 3.19. The lowest BCUT2D eigenvalue weighted by Crippen LogP contribution is -2.42. The van der Waals surface area contributed by atoms with Crippen LogP contribution in [0.1, 0.15) is 91.4 Å². The Bertz CT molecular complexity index is 641. The fraction of sp³-hybridized carbons (Fsp3) is 0.586. The SMILES string of the molecule is CC/C=C\C/C=C\C/C=C\C/C=C\C/C=C\CCCCCC(=O)N[C@@H](CC(C)C)C(=O)OC. The van der Waals surface area contributed by atoms with Gasteiger partial charge in [-0.25, -0.2) is 4.79 Å². The van der Waals surface area contributed by atoms with E-state index < -0.39 is 6.04 Å². The molecule has 33 heavy (non-hydrogen) atoms. The highest BCUT2D eigenvalue weighted by molar-refractivity contribution is 5.84. The molecule has 0 heterocycles. The number of carbonyl (C=O) groups excluding carboxylic acids is 2. The number of allylic oxidation sites excluding steroid dienone is 10. The first kappa shape index (κ1) is 30.6. The third-order valence-electron chi connectivity index (χ3n) is 4.96. The van der Waals surface area contributed by atoms with Crippen LogP contribution in [0.25, 0.3) is 0 Å². The molecule has 0 bridgehead atoms. The Morgan fingerprint density at radius 2 is 1.27 bits per heavy atom. The lowest BCUT2D eigenvalue weighted by Gasteiger charge is -2.18. The number of rotatable bonds is 19. The largest absolute Gasteiger partial charge is 0.467 e. The number of hydrogen-bond acceptors (Lipinski definition) is 3. The summed E-state index contributed by atoms with van der Waals surface area (Å²) in [4.78, 5) is 23.9. The summed E-state index contributed by atoms with van der Waals surface area (Å²) in [7, 11) is 1.36. The Kier molecular flexibility index (Phi) is 21.2. The first-order chi connectivity index (χ1) is 16.0. The van der Waals surface area contributed by atoms with Crippen LogP contribution in [0.3, 0.4) is 0 Å². The molecular weight excluding hydrogens is 410 g/mol. The van der Waals surface area contributed by atoms with Gasteiger partial charge < -0.3 is 10.1 Å². The van der Waals surface area contributed by atoms with Gasteiger partial charge in [-0.1, -0.05) is 88.0 Å². The normalized spacial score (nSPS) is 13.4. The monoisotopic (exact) mass is 457 g/mol. The van der Waals surface area contributed by atoms with Crippen molar-refractivity contribution in [2.75, 3.05) is 7.11 Å². The van der Waals surface area contributed by atoms with Gasteiger partial charge >= 0.3 is 5.97 Å². The minimum Gasteiger partial charge on any atom is -0.467 e. The third kappa shape index (κ3) is 21.3. The number of amides is 1. The summed E-state index contributed by atoms with van der Waals surface area (Å²) in [5.74, 6) is -0.116. The summed E-state index contributed by atoms with van der Waals surface area (Å²) in [6.07, 6.45) is 32.1. The summed E-state index contributed by atoms with van der Waals surface area (Å²) in [6, 6.07) is -0.538. The molecule has 0 radical (unpaired) electrons. The second-order valence-corrected chi connectivity index (χ2v) is 8.58. The molecule has 0 aromatic heterocycles. The molecule has 0 aromatic rings. The van der Waals surface area contributed by atoms with E-state index in [1.54, 1.807) is 0 Å². The van der Waals surface area contributed by atoms with Crippen LogP contribution in [0.15, 0.2) is 60.8 Å². The predicted octanol–water partition coefficient (Wildman–Crippen LogP) is 7.39. The molecule has 4 heteroatoms. The quantitative estimate of drug-likeness (QED) is 0.125. The van der Waals surface area contributed by atoms with Crippen LogP contribution in [-0.4, -0.2) is 25.0 Å². The van der Waals surface area contributed by atoms with Crippen LogP contribution in [0.4, 0.5) is 0 Å². The molecule has 1 amide bonds. The maximum Gasteiger partial charge on any atom is 0.328 e. The van der Waals surface area contributed by atoms with Crippen molar-refractivity contribution >= 4 is 11.9 Å². The van der Waals surface area contributed by atoms with Crippen molar-refractivity contribution < 1.29 is 14.3 Å². The highest BCUT2D eigenvalue weighted by Gasteiger charge is 2.22. The van der Waals surface area contributed by atoms with Gasteiger partial charge in [-0.15, -0.1) is 0 Å². The van der Waals surface area contributed by atoms with Gasteiger partial charge in [0.25, 0.3) is 0 Å². The van der Waals surface area contributed by atoms with Gasteiger partial charge in [0.15, 0.2) is 0 Å². The van der Waals surface area contributed by atoms with E-state index in [0.29, 0.717) is 18.8 Å². The summed E-state index contributed by atoms with van der Waals surface area (Å²) < 4.78 is 4.79. The van der Waals surface area contributed by atoms with Gasteiger partial charge in [0.05, 0.1) is 7.11 Å². The van der Waals surface area contributed by atoms with Crippen molar-refractivity contribution in [2.24, 2.45) is 5.92 Å². The number of unbranched alkanes of at least 4 members (excludes halogenated alkanes) is 3. The molecule has 0 spiro atoms. The molecule has 0 unspecified atom stereocenters. The lowest BCUT2D eigenvalue weighted by atomic mass is 10.0. The first-order valence-corrected chi connectivity index (χ1v) is 12.6. The van der Waals surface area contributed by atoms with Crippen LogP contribution in [0.5, 0.6) is 0 Å². The Morgan fingerprint density at radius 1 is 0.758 bits per heavy atom. The standard InChI is InChI=1S/C29H47NO3/c1-5-6-7-8-9-10-11-12-13-14-15-16-17-18-19-20-21-22-23-24-28(31)30-27(25-26(2)3)29(32)33-4/h6-7,9-10,12-13,15-16,18-19,26-27H,5,8,11,14,17,20-25H2,1-4H3,(H,30,31)/b7-6-,10-9-,13-12-,16-15-,19-18-/t27-/m0/s1. The molecule has 1 atom stereocenters. The summed E-state index contributed by atoms with van der Waals surface area (Å²) in [5, 5.41) is 2.81. The van der Waals surface area contributed by atoms with Gasteiger partial charge in [0.1, 0.15) is 6.04 Å². The highest BCUT2D eigenvalue weighted by Crippen LogP contribution is 2.08. The molecule has 0 saturated heterocycles. The van der Waals surface area contributed by atoms with Crippen molar-refractivity contribution in [3.05, 3.63) is 60.8 Å². The van der Waals surface area contributed by atoms with Gasteiger partial charge in [0, 0.05) is 6.42 Å². The van der Waals surface area contributed by atoms with Crippen LogP contribution >= 0.6 is 0 Å². The van der Waals surface area contributed by atoms with E-state index in [2.05, 4.69) is 73.0 Å². The zero-order valence-corrected chi connectivity index (χ0v) is 21.4. The van der Waals surface area contributed by atoms with E-state index in [-0.39, 0.29) is 11.9 Å². The van der Waals surface area contributed by atoms with Gasteiger partial charge in [-0.2, -0.15) is 0 Å².